The van der Waals surface area contributed by atoms with Gasteiger partial charge in [0.05, 0.1) is 17.8 Å². The van der Waals surface area contributed by atoms with Crippen molar-refractivity contribution in [2.24, 2.45) is 0 Å². The first-order valence-electron chi connectivity index (χ1n) is 8.11. The Labute approximate surface area is 145 Å². The molecule has 3 heterocycles. The van der Waals surface area contributed by atoms with Gasteiger partial charge in [0.1, 0.15) is 0 Å². The highest BCUT2D eigenvalue weighted by Crippen LogP contribution is 2.23. The van der Waals surface area contributed by atoms with Gasteiger partial charge in [-0.3, -0.25) is 9.78 Å². The molecule has 4 rings (SSSR count). The molecule has 0 radical (unpaired) electrons. The predicted molar refractivity (Wildman–Crippen MR) is 93.6 cm³/mol. The Kier molecular flexibility index (Phi) is 4.08. The number of aromatic nitrogens is 3. The van der Waals surface area contributed by atoms with Crippen LogP contribution >= 0.6 is 0 Å². The van der Waals surface area contributed by atoms with E-state index < -0.39 is 0 Å². The van der Waals surface area contributed by atoms with Gasteiger partial charge in [-0.25, -0.2) is 9.97 Å². The van der Waals surface area contributed by atoms with Gasteiger partial charge in [-0.05, 0) is 17.2 Å². The molecule has 124 valence electrons. The lowest BCUT2D eigenvalue weighted by Crippen LogP contribution is -2.23. The number of hydrogen-bond donors (Lipinski definition) is 1. The smallest absolute Gasteiger partial charge is 0.258 e. The maximum absolute atomic E-state index is 12.5. The third-order valence-corrected chi connectivity index (χ3v) is 4.12. The van der Waals surface area contributed by atoms with Gasteiger partial charge in [0.2, 0.25) is 5.95 Å². The second-order valence-electron chi connectivity index (χ2n) is 5.92. The summed E-state index contributed by atoms with van der Waals surface area (Å²) in [6.45, 7) is 1.68. The number of nitrogens with one attached hydrogen (secondary N) is 1. The largest absolute Gasteiger partial charge is 0.350 e. The lowest BCUT2D eigenvalue weighted by Gasteiger charge is -2.14. The van der Waals surface area contributed by atoms with Gasteiger partial charge < -0.3 is 10.2 Å². The third kappa shape index (κ3) is 3.33. The van der Waals surface area contributed by atoms with Gasteiger partial charge in [0, 0.05) is 31.7 Å². The average molecular weight is 331 g/mol. The first-order valence-corrected chi connectivity index (χ1v) is 8.11. The molecule has 1 N–H and O–H groups in total. The molecular formula is C19H17N5O. The Morgan fingerprint density at radius 2 is 1.88 bits per heavy atom. The summed E-state index contributed by atoms with van der Waals surface area (Å²) in [5, 5.41) is 3.18. The van der Waals surface area contributed by atoms with Crippen molar-refractivity contribution in [2.75, 3.05) is 5.32 Å². The molecule has 0 saturated heterocycles. The molecule has 0 fully saturated rings. The Bertz CT molecular complexity index is 883. The topological polar surface area (TPSA) is 71.0 Å². The fraction of sp³-hybridized carbons (Fsp3) is 0.158. The highest BCUT2D eigenvalue weighted by atomic mass is 16.2. The van der Waals surface area contributed by atoms with E-state index in [1.807, 2.05) is 42.5 Å². The molecule has 6 nitrogen and oxygen atoms in total. The van der Waals surface area contributed by atoms with E-state index in [1.165, 1.54) is 0 Å². The van der Waals surface area contributed by atoms with Crippen LogP contribution in [0.1, 0.15) is 27.2 Å². The second kappa shape index (κ2) is 6.68. The molecule has 1 aliphatic heterocycles. The summed E-state index contributed by atoms with van der Waals surface area (Å²) in [5.74, 6) is 0.509. The van der Waals surface area contributed by atoms with E-state index in [0.29, 0.717) is 31.1 Å². The molecule has 6 heteroatoms. The van der Waals surface area contributed by atoms with E-state index in [-0.39, 0.29) is 5.91 Å². The van der Waals surface area contributed by atoms with Crippen LogP contribution in [0.4, 0.5) is 5.95 Å². The Morgan fingerprint density at radius 1 is 1.04 bits per heavy atom. The summed E-state index contributed by atoms with van der Waals surface area (Å²) in [6.07, 6.45) is 5.15. The summed E-state index contributed by atoms with van der Waals surface area (Å²) < 4.78 is 0. The minimum absolute atomic E-state index is 0.0161. The van der Waals surface area contributed by atoms with Crippen LogP contribution in [-0.2, 0) is 19.6 Å². The molecule has 0 unspecified atom stereocenters. The first kappa shape index (κ1) is 15.3. The summed E-state index contributed by atoms with van der Waals surface area (Å²) in [7, 11) is 0. The first-order chi connectivity index (χ1) is 12.3. The van der Waals surface area contributed by atoms with E-state index >= 15 is 0 Å². The quantitative estimate of drug-likeness (QED) is 0.778. The van der Waals surface area contributed by atoms with Crippen LogP contribution in [0.15, 0.2) is 61.1 Å². The van der Waals surface area contributed by atoms with Crippen LogP contribution in [0.2, 0.25) is 0 Å². The van der Waals surface area contributed by atoms with Crippen molar-refractivity contribution < 1.29 is 4.79 Å². The zero-order chi connectivity index (χ0) is 17.1. The number of rotatable bonds is 5. The van der Waals surface area contributed by atoms with E-state index in [0.717, 1.165) is 16.8 Å². The third-order valence-electron chi connectivity index (χ3n) is 4.12. The van der Waals surface area contributed by atoms with Gasteiger partial charge in [0.25, 0.3) is 5.91 Å². The van der Waals surface area contributed by atoms with Crippen LogP contribution < -0.4 is 5.32 Å². The van der Waals surface area contributed by atoms with Crippen LogP contribution in [-0.4, -0.2) is 25.8 Å². The molecule has 0 atom stereocenters. The van der Waals surface area contributed by atoms with Gasteiger partial charge in [0.15, 0.2) is 0 Å². The van der Waals surface area contributed by atoms with Crippen molar-refractivity contribution in [2.45, 2.75) is 19.6 Å². The second-order valence-corrected chi connectivity index (χ2v) is 5.92. The molecule has 0 saturated carbocycles. The van der Waals surface area contributed by atoms with Crippen molar-refractivity contribution in [1.29, 1.82) is 0 Å². The number of pyridine rings is 1. The van der Waals surface area contributed by atoms with E-state index in [1.54, 1.807) is 23.5 Å². The summed E-state index contributed by atoms with van der Waals surface area (Å²) >= 11 is 0. The van der Waals surface area contributed by atoms with Crippen LogP contribution in [0.5, 0.6) is 0 Å². The SMILES string of the molecule is O=C1c2cnc(NCc3cccnc3)nc2CN1Cc1ccccc1. The normalized spacial score (nSPS) is 13.0. The van der Waals surface area contributed by atoms with E-state index in [2.05, 4.69) is 20.3 Å². The Morgan fingerprint density at radius 3 is 2.68 bits per heavy atom. The number of anilines is 1. The monoisotopic (exact) mass is 331 g/mol. The number of carbonyl (C=O) groups excluding carboxylic acids is 1. The van der Waals surface area contributed by atoms with Crippen LogP contribution in [0.25, 0.3) is 0 Å². The lowest BCUT2D eigenvalue weighted by molar-refractivity contribution is 0.0766. The van der Waals surface area contributed by atoms with Crippen molar-refractivity contribution >= 4 is 11.9 Å². The molecule has 25 heavy (non-hydrogen) atoms. The molecule has 0 spiro atoms. The van der Waals surface area contributed by atoms with Gasteiger partial charge >= 0.3 is 0 Å². The maximum Gasteiger partial charge on any atom is 0.258 e. The van der Waals surface area contributed by atoms with Gasteiger partial charge in [-0.1, -0.05) is 36.4 Å². The molecule has 1 aliphatic rings. The highest BCUT2D eigenvalue weighted by Gasteiger charge is 2.29. The predicted octanol–water partition coefficient (Wildman–Crippen LogP) is 2.64. The molecule has 2 aromatic heterocycles. The van der Waals surface area contributed by atoms with Crippen molar-refractivity contribution in [3.63, 3.8) is 0 Å². The number of benzene rings is 1. The molecule has 1 amide bonds. The number of hydrogen-bond acceptors (Lipinski definition) is 5. The molecule has 0 bridgehead atoms. The standard InChI is InChI=1S/C19H17N5O/c25-18-16-11-22-19(21-10-15-7-4-8-20-9-15)23-17(16)13-24(18)12-14-5-2-1-3-6-14/h1-9,11H,10,12-13H2,(H,21,22,23). The minimum atomic E-state index is -0.0161. The fourth-order valence-corrected chi connectivity index (χ4v) is 2.84. The maximum atomic E-state index is 12.5. The average Bonchev–Trinajstić information content (AvgIpc) is 2.97. The van der Waals surface area contributed by atoms with Gasteiger partial charge in [-0.2, -0.15) is 0 Å². The lowest BCUT2D eigenvalue weighted by atomic mass is 10.2. The molecule has 3 aromatic rings. The van der Waals surface area contributed by atoms with Crippen LogP contribution in [0.3, 0.4) is 0 Å². The Hall–Kier alpha value is -3.28. The number of nitrogens with zero attached hydrogens (tertiary/aromatic N) is 4. The zero-order valence-corrected chi connectivity index (χ0v) is 13.6. The number of carbonyl (C=O) groups is 1. The highest BCUT2D eigenvalue weighted by molar-refractivity contribution is 5.97. The Balaban J connectivity index is 1.46. The molecular weight excluding hydrogens is 314 g/mol. The fourth-order valence-electron chi connectivity index (χ4n) is 2.84. The summed E-state index contributed by atoms with van der Waals surface area (Å²) in [6, 6.07) is 13.8. The molecule has 0 aliphatic carbocycles. The molecule has 1 aromatic carbocycles. The summed E-state index contributed by atoms with van der Waals surface area (Å²) in [4.78, 5) is 27.2. The minimum Gasteiger partial charge on any atom is -0.350 e. The number of amides is 1. The zero-order valence-electron chi connectivity index (χ0n) is 13.6. The van der Waals surface area contributed by atoms with Crippen molar-refractivity contribution in [3.8, 4) is 0 Å². The van der Waals surface area contributed by atoms with Gasteiger partial charge in [-0.15, -0.1) is 0 Å². The van der Waals surface area contributed by atoms with E-state index in [4.69, 9.17) is 0 Å². The van der Waals surface area contributed by atoms with Crippen LogP contribution in [0, 0.1) is 0 Å². The van der Waals surface area contributed by atoms with Crippen molar-refractivity contribution in [1.82, 2.24) is 19.9 Å². The summed E-state index contributed by atoms with van der Waals surface area (Å²) in [5.41, 5.74) is 3.51. The van der Waals surface area contributed by atoms with Crippen molar-refractivity contribution in [3.05, 3.63) is 83.4 Å². The number of fused-ring (bicyclic) bond motifs is 1. The van der Waals surface area contributed by atoms with E-state index in [9.17, 15) is 4.79 Å².